The Morgan fingerprint density at radius 1 is 0.941 bits per heavy atom. The standard InChI is InChI=1S/C34H38/c1-22-12-14-27(15-13-22)26(5)28-16-17-29-20-32(21-31(29)19-28)33-11-7-10-30(33)18-25(4)34-23(2)8-6-9-24(34)3/h6,8-11,16-17,19,21-22,27H,4-5,7,12-15,18,20H2,1-3H3. The molecule has 0 nitrogen and oxygen atoms in total. The van der Waals surface area contributed by atoms with Crippen LogP contribution in [0.15, 0.2) is 78.4 Å². The van der Waals surface area contributed by atoms with E-state index in [4.69, 9.17) is 0 Å². The second-order valence-electron chi connectivity index (χ2n) is 10.9. The van der Waals surface area contributed by atoms with Gasteiger partial charge in [0.2, 0.25) is 0 Å². The minimum atomic E-state index is 0.655. The smallest absolute Gasteiger partial charge is 0.00137 e. The molecule has 3 aliphatic carbocycles. The maximum absolute atomic E-state index is 4.53. The van der Waals surface area contributed by atoms with Crippen LogP contribution in [0.1, 0.15) is 78.8 Å². The molecule has 0 saturated heterocycles. The highest BCUT2D eigenvalue weighted by Gasteiger charge is 2.24. The maximum Gasteiger partial charge on any atom is -0.00137 e. The molecule has 1 saturated carbocycles. The molecule has 0 bridgehead atoms. The van der Waals surface area contributed by atoms with Gasteiger partial charge in [-0.15, -0.1) is 0 Å². The van der Waals surface area contributed by atoms with Gasteiger partial charge >= 0.3 is 0 Å². The van der Waals surface area contributed by atoms with E-state index in [1.54, 1.807) is 0 Å². The van der Waals surface area contributed by atoms with Crippen LogP contribution in [-0.4, -0.2) is 0 Å². The van der Waals surface area contributed by atoms with Crippen LogP contribution >= 0.6 is 0 Å². The Kier molecular flexibility index (Phi) is 6.34. The van der Waals surface area contributed by atoms with Crippen molar-refractivity contribution >= 4 is 17.2 Å². The summed E-state index contributed by atoms with van der Waals surface area (Å²) in [5, 5.41) is 0. The van der Waals surface area contributed by atoms with Gasteiger partial charge in [0.05, 0.1) is 0 Å². The summed E-state index contributed by atoms with van der Waals surface area (Å²) in [6.07, 6.45) is 15.5. The van der Waals surface area contributed by atoms with Crippen LogP contribution in [-0.2, 0) is 6.42 Å². The van der Waals surface area contributed by atoms with Crippen molar-refractivity contribution in [3.63, 3.8) is 0 Å². The van der Waals surface area contributed by atoms with Gasteiger partial charge in [0.1, 0.15) is 0 Å². The number of fused-ring (bicyclic) bond motifs is 1. The second kappa shape index (κ2) is 9.41. The zero-order chi connectivity index (χ0) is 23.8. The third-order valence-electron chi connectivity index (χ3n) is 8.35. The van der Waals surface area contributed by atoms with Gasteiger partial charge in [0.15, 0.2) is 0 Å². The van der Waals surface area contributed by atoms with E-state index in [1.165, 1.54) is 86.9 Å². The first kappa shape index (κ1) is 22.9. The van der Waals surface area contributed by atoms with E-state index in [2.05, 4.69) is 88.6 Å². The van der Waals surface area contributed by atoms with Gasteiger partial charge in [-0.3, -0.25) is 0 Å². The van der Waals surface area contributed by atoms with Crippen molar-refractivity contribution in [2.75, 3.05) is 0 Å². The van der Waals surface area contributed by atoms with Crippen LogP contribution in [0.5, 0.6) is 0 Å². The van der Waals surface area contributed by atoms with Crippen molar-refractivity contribution < 1.29 is 0 Å². The molecule has 0 unspecified atom stereocenters. The van der Waals surface area contributed by atoms with Crippen molar-refractivity contribution in [1.82, 2.24) is 0 Å². The van der Waals surface area contributed by atoms with Crippen molar-refractivity contribution in [3.05, 3.63) is 112 Å². The summed E-state index contributed by atoms with van der Waals surface area (Å²) in [5.74, 6) is 1.53. The van der Waals surface area contributed by atoms with E-state index in [9.17, 15) is 0 Å². The summed E-state index contributed by atoms with van der Waals surface area (Å²) in [4.78, 5) is 0. The first-order valence-electron chi connectivity index (χ1n) is 13.1. The van der Waals surface area contributed by atoms with Crippen LogP contribution in [0, 0.1) is 25.7 Å². The minimum absolute atomic E-state index is 0.655. The van der Waals surface area contributed by atoms with Gasteiger partial charge in [0, 0.05) is 0 Å². The van der Waals surface area contributed by atoms with Crippen LogP contribution in [0.4, 0.5) is 0 Å². The molecule has 174 valence electrons. The Balaban J connectivity index is 1.32. The van der Waals surface area contributed by atoms with Crippen LogP contribution in [0.3, 0.4) is 0 Å². The van der Waals surface area contributed by atoms with E-state index in [-0.39, 0.29) is 0 Å². The third kappa shape index (κ3) is 4.43. The van der Waals surface area contributed by atoms with Gasteiger partial charge in [-0.1, -0.05) is 81.5 Å². The molecule has 2 aromatic rings. The largest absolute Gasteiger partial charge is 0.0950 e. The molecule has 0 amide bonds. The second-order valence-corrected chi connectivity index (χ2v) is 10.9. The van der Waals surface area contributed by atoms with E-state index in [1.807, 2.05) is 0 Å². The van der Waals surface area contributed by atoms with Gasteiger partial charge in [0.25, 0.3) is 0 Å². The first-order chi connectivity index (χ1) is 16.4. The maximum atomic E-state index is 4.53. The molecule has 5 rings (SSSR count). The number of hydrogen-bond acceptors (Lipinski definition) is 0. The molecule has 0 heteroatoms. The fraction of sp³-hybridized carbons (Fsp3) is 0.353. The third-order valence-corrected chi connectivity index (χ3v) is 8.35. The van der Waals surface area contributed by atoms with Gasteiger partial charge in [-0.2, -0.15) is 0 Å². The first-order valence-corrected chi connectivity index (χ1v) is 13.1. The van der Waals surface area contributed by atoms with Crippen LogP contribution in [0.25, 0.3) is 17.2 Å². The number of hydrogen-bond donors (Lipinski definition) is 0. The Bertz CT molecular complexity index is 1210. The molecule has 34 heavy (non-hydrogen) atoms. The summed E-state index contributed by atoms with van der Waals surface area (Å²) in [6, 6.07) is 13.6. The van der Waals surface area contributed by atoms with Crippen LogP contribution in [0.2, 0.25) is 0 Å². The van der Waals surface area contributed by atoms with E-state index in [0.717, 1.165) is 25.2 Å². The SMILES string of the molecule is C=C(CC1=CCC=C1C1=Cc2cc(C(=C)C3CCC(C)CC3)ccc2C1)c1c(C)cccc1C. The lowest BCUT2D eigenvalue weighted by atomic mass is 9.77. The van der Waals surface area contributed by atoms with E-state index in [0.29, 0.717) is 5.92 Å². The molecule has 2 aromatic carbocycles. The molecule has 0 aliphatic heterocycles. The van der Waals surface area contributed by atoms with Gasteiger partial charge < -0.3 is 0 Å². The lowest BCUT2D eigenvalue weighted by molar-refractivity contribution is 0.337. The molecular formula is C34H38. The summed E-state index contributed by atoms with van der Waals surface area (Å²) in [7, 11) is 0. The van der Waals surface area contributed by atoms with Crippen molar-refractivity contribution in [1.29, 1.82) is 0 Å². The van der Waals surface area contributed by atoms with Gasteiger partial charge in [-0.05, 0) is 125 Å². The summed E-state index contributed by atoms with van der Waals surface area (Å²) in [6.45, 7) is 15.8. The van der Waals surface area contributed by atoms with Crippen molar-refractivity contribution in [3.8, 4) is 0 Å². The molecule has 0 N–H and O–H groups in total. The number of rotatable bonds is 6. The zero-order valence-corrected chi connectivity index (χ0v) is 21.2. The molecule has 0 atom stereocenters. The van der Waals surface area contributed by atoms with Crippen molar-refractivity contribution in [2.24, 2.45) is 11.8 Å². The molecule has 0 radical (unpaired) electrons. The summed E-state index contributed by atoms with van der Waals surface area (Å²) < 4.78 is 0. The lowest BCUT2D eigenvalue weighted by Gasteiger charge is -2.28. The molecule has 0 aromatic heterocycles. The summed E-state index contributed by atoms with van der Waals surface area (Å²) in [5.41, 5.74) is 15.1. The highest BCUT2D eigenvalue weighted by molar-refractivity contribution is 5.78. The number of allylic oxidation sites excluding steroid dienone is 7. The Labute approximate surface area is 206 Å². The average molecular weight is 447 g/mol. The minimum Gasteiger partial charge on any atom is -0.0950 e. The van der Waals surface area contributed by atoms with E-state index >= 15 is 0 Å². The Morgan fingerprint density at radius 2 is 1.68 bits per heavy atom. The van der Waals surface area contributed by atoms with Gasteiger partial charge in [-0.25, -0.2) is 0 Å². The zero-order valence-electron chi connectivity index (χ0n) is 21.2. The topological polar surface area (TPSA) is 0 Å². The van der Waals surface area contributed by atoms with E-state index < -0.39 is 0 Å². The normalized spacial score (nSPS) is 21.6. The number of aryl methyl sites for hydroxylation is 2. The fourth-order valence-corrected chi connectivity index (χ4v) is 6.31. The molecule has 0 heterocycles. The predicted molar refractivity (Wildman–Crippen MR) is 149 cm³/mol. The molecule has 0 spiro atoms. The molecular weight excluding hydrogens is 408 g/mol. The van der Waals surface area contributed by atoms with Crippen molar-refractivity contribution in [2.45, 2.75) is 65.7 Å². The highest BCUT2D eigenvalue weighted by Crippen LogP contribution is 2.41. The average Bonchev–Trinajstić information content (AvgIpc) is 3.45. The summed E-state index contributed by atoms with van der Waals surface area (Å²) >= 11 is 0. The monoisotopic (exact) mass is 446 g/mol. The van der Waals surface area contributed by atoms with Crippen LogP contribution < -0.4 is 0 Å². The molecule has 3 aliphatic rings. The number of benzene rings is 2. The fourth-order valence-electron chi connectivity index (χ4n) is 6.31. The Hall–Kier alpha value is -2.86. The lowest BCUT2D eigenvalue weighted by Crippen LogP contribution is -2.13. The predicted octanol–water partition coefficient (Wildman–Crippen LogP) is 9.44. The Morgan fingerprint density at radius 3 is 2.41 bits per heavy atom. The quantitative estimate of drug-likeness (QED) is 0.414. The highest BCUT2D eigenvalue weighted by atomic mass is 14.3. The molecule has 1 fully saturated rings.